The van der Waals surface area contributed by atoms with Crippen molar-refractivity contribution >= 4 is 46.7 Å². The van der Waals surface area contributed by atoms with Crippen LogP contribution in [0.15, 0.2) is 8.68 Å². The summed E-state index contributed by atoms with van der Waals surface area (Å²) in [6.07, 6.45) is 11.8. The van der Waals surface area contributed by atoms with Gasteiger partial charge in [-0.05, 0) is 25.7 Å². The van der Waals surface area contributed by atoms with E-state index < -0.39 is 0 Å². The number of aromatic nitrogens is 2. The van der Waals surface area contributed by atoms with E-state index in [1.807, 2.05) is 0 Å². The predicted octanol–water partition coefficient (Wildman–Crippen LogP) is 3.62. The zero-order valence-electron chi connectivity index (χ0n) is 15.6. The molecule has 3 rings (SSSR count). The van der Waals surface area contributed by atoms with E-state index >= 15 is 0 Å². The van der Waals surface area contributed by atoms with Gasteiger partial charge in [0, 0.05) is 12.1 Å². The highest BCUT2D eigenvalue weighted by atomic mass is 32.2. The van der Waals surface area contributed by atoms with Crippen molar-refractivity contribution in [3.8, 4) is 0 Å². The smallest absolute Gasteiger partial charge is 0.230 e. The van der Waals surface area contributed by atoms with Crippen LogP contribution in [0.1, 0.15) is 64.2 Å². The van der Waals surface area contributed by atoms with Crippen molar-refractivity contribution in [2.24, 2.45) is 0 Å². The van der Waals surface area contributed by atoms with Crippen LogP contribution in [0.2, 0.25) is 0 Å². The number of rotatable bonds is 8. The molecule has 2 N–H and O–H groups in total. The second-order valence-electron chi connectivity index (χ2n) is 7.22. The Bertz CT molecular complexity index is 563. The van der Waals surface area contributed by atoms with E-state index in [1.165, 1.54) is 73.4 Å². The average Bonchev–Trinajstić information content (AvgIpc) is 3.14. The van der Waals surface area contributed by atoms with Crippen LogP contribution in [0.5, 0.6) is 0 Å². The zero-order chi connectivity index (χ0) is 18.9. The Morgan fingerprint density at radius 3 is 1.59 bits per heavy atom. The van der Waals surface area contributed by atoms with E-state index in [-0.39, 0.29) is 11.8 Å². The number of carbonyl (C=O) groups excluding carboxylic acids is 2. The van der Waals surface area contributed by atoms with Gasteiger partial charge in [0.1, 0.15) is 0 Å². The minimum Gasteiger partial charge on any atom is -0.353 e. The Kier molecular flexibility index (Phi) is 8.73. The molecule has 2 fully saturated rings. The quantitative estimate of drug-likeness (QED) is 0.615. The first-order valence-electron chi connectivity index (χ1n) is 9.87. The molecule has 2 aliphatic carbocycles. The van der Waals surface area contributed by atoms with Gasteiger partial charge in [-0.2, -0.15) is 0 Å². The lowest BCUT2D eigenvalue weighted by atomic mass is 9.95. The minimum atomic E-state index is 0.0724. The predicted molar refractivity (Wildman–Crippen MR) is 111 cm³/mol. The third-order valence-electron chi connectivity index (χ3n) is 4.98. The van der Waals surface area contributed by atoms with Crippen molar-refractivity contribution in [3.63, 3.8) is 0 Å². The first-order valence-corrected chi connectivity index (χ1v) is 12.7. The first kappa shape index (κ1) is 20.9. The van der Waals surface area contributed by atoms with Gasteiger partial charge in [-0.1, -0.05) is 73.4 Å². The van der Waals surface area contributed by atoms with Crippen LogP contribution in [0, 0.1) is 0 Å². The number of nitrogens with one attached hydrogen (secondary N) is 2. The number of thioether (sulfide) groups is 2. The van der Waals surface area contributed by atoms with Crippen LogP contribution in [0.25, 0.3) is 0 Å². The first-order chi connectivity index (χ1) is 13.2. The molecule has 0 spiro atoms. The molecule has 27 heavy (non-hydrogen) atoms. The van der Waals surface area contributed by atoms with E-state index in [1.54, 1.807) is 0 Å². The second kappa shape index (κ2) is 11.3. The van der Waals surface area contributed by atoms with E-state index in [0.717, 1.165) is 34.4 Å². The van der Waals surface area contributed by atoms with Crippen molar-refractivity contribution in [1.29, 1.82) is 0 Å². The minimum absolute atomic E-state index is 0.0724. The summed E-state index contributed by atoms with van der Waals surface area (Å²) in [6.45, 7) is 0. The summed E-state index contributed by atoms with van der Waals surface area (Å²) in [5.41, 5.74) is 0. The van der Waals surface area contributed by atoms with Crippen molar-refractivity contribution in [2.75, 3.05) is 11.5 Å². The second-order valence-corrected chi connectivity index (χ2v) is 10.6. The van der Waals surface area contributed by atoms with E-state index in [2.05, 4.69) is 20.8 Å². The van der Waals surface area contributed by atoms with Gasteiger partial charge in [0.2, 0.25) is 11.8 Å². The third-order valence-corrected chi connectivity index (χ3v) is 8.17. The molecule has 9 heteroatoms. The summed E-state index contributed by atoms with van der Waals surface area (Å²) < 4.78 is 1.56. The Balaban J connectivity index is 1.32. The molecular weight excluding hydrogens is 400 g/mol. The fourth-order valence-electron chi connectivity index (χ4n) is 3.60. The molecule has 0 aliphatic heterocycles. The van der Waals surface area contributed by atoms with E-state index in [4.69, 9.17) is 0 Å². The van der Waals surface area contributed by atoms with Crippen molar-refractivity contribution in [3.05, 3.63) is 0 Å². The lowest BCUT2D eigenvalue weighted by molar-refractivity contribution is -0.120. The van der Waals surface area contributed by atoms with Gasteiger partial charge < -0.3 is 10.6 Å². The molecule has 1 aromatic rings. The van der Waals surface area contributed by atoms with Gasteiger partial charge in [0.15, 0.2) is 8.68 Å². The highest BCUT2D eigenvalue weighted by Crippen LogP contribution is 2.29. The molecule has 0 radical (unpaired) electrons. The number of hydrogen-bond donors (Lipinski definition) is 2. The number of nitrogens with zero attached hydrogens (tertiary/aromatic N) is 2. The molecule has 2 saturated carbocycles. The summed E-state index contributed by atoms with van der Waals surface area (Å²) in [4.78, 5) is 24.1. The third kappa shape index (κ3) is 7.62. The Hall–Kier alpha value is -0.800. The maximum absolute atomic E-state index is 12.1. The molecule has 0 aromatic carbocycles. The molecule has 0 bridgehead atoms. The van der Waals surface area contributed by atoms with E-state index in [0.29, 0.717) is 23.6 Å². The zero-order valence-corrected chi connectivity index (χ0v) is 18.0. The van der Waals surface area contributed by atoms with Crippen LogP contribution in [0.4, 0.5) is 0 Å². The summed E-state index contributed by atoms with van der Waals surface area (Å²) in [6, 6.07) is 0.685. The Labute approximate surface area is 173 Å². The number of carbonyl (C=O) groups is 2. The number of hydrogen-bond acceptors (Lipinski definition) is 7. The van der Waals surface area contributed by atoms with Gasteiger partial charge in [0.25, 0.3) is 0 Å². The van der Waals surface area contributed by atoms with Crippen molar-refractivity contribution in [2.45, 2.75) is 85.0 Å². The van der Waals surface area contributed by atoms with Crippen LogP contribution in [0.3, 0.4) is 0 Å². The molecular formula is C18H28N4O2S3. The normalized spacial score (nSPS) is 19.0. The van der Waals surface area contributed by atoms with Gasteiger partial charge in [0.05, 0.1) is 11.5 Å². The lowest BCUT2D eigenvalue weighted by Crippen LogP contribution is -2.37. The molecule has 150 valence electrons. The summed E-state index contributed by atoms with van der Waals surface area (Å²) >= 11 is 4.29. The molecule has 0 unspecified atom stereocenters. The molecule has 1 aromatic heterocycles. The van der Waals surface area contributed by atoms with E-state index in [9.17, 15) is 9.59 Å². The van der Waals surface area contributed by atoms with Crippen molar-refractivity contribution < 1.29 is 9.59 Å². The molecule has 2 aliphatic rings. The Morgan fingerprint density at radius 2 is 1.19 bits per heavy atom. The summed E-state index contributed by atoms with van der Waals surface area (Å²) in [7, 11) is 0. The van der Waals surface area contributed by atoms with Crippen LogP contribution in [-0.4, -0.2) is 45.6 Å². The van der Waals surface area contributed by atoms with Gasteiger partial charge in [-0.25, -0.2) is 0 Å². The summed E-state index contributed by atoms with van der Waals surface area (Å²) in [5, 5.41) is 14.5. The SMILES string of the molecule is O=C(CSc1nnc(SCC(=O)NC2CCCCC2)s1)NC1CCCCC1. The summed E-state index contributed by atoms with van der Waals surface area (Å²) in [5.74, 6) is 0.891. The lowest BCUT2D eigenvalue weighted by Gasteiger charge is -2.22. The fourth-order valence-corrected chi connectivity index (χ4v) is 6.24. The van der Waals surface area contributed by atoms with Crippen LogP contribution >= 0.6 is 34.9 Å². The van der Waals surface area contributed by atoms with Gasteiger partial charge in [-0.15, -0.1) is 10.2 Å². The monoisotopic (exact) mass is 428 g/mol. The maximum atomic E-state index is 12.1. The molecule has 0 saturated heterocycles. The van der Waals surface area contributed by atoms with Crippen molar-refractivity contribution in [1.82, 2.24) is 20.8 Å². The van der Waals surface area contributed by atoms with Crippen LogP contribution < -0.4 is 10.6 Å². The topological polar surface area (TPSA) is 84.0 Å². The molecule has 6 nitrogen and oxygen atoms in total. The maximum Gasteiger partial charge on any atom is 0.230 e. The molecule has 1 heterocycles. The van der Waals surface area contributed by atoms with Gasteiger partial charge >= 0.3 is 0 Å². The largest absolute Gasteiger partial charge is 0.353 e. The molecule has 0 atom stereocenters. The Morgan fingerprint density at radius 1 is 0.778 bits per heavy atom. The highest BCUT2D eigenvalue weighted by Gasteiger charge is 2.18. The number of amides is 2. The van der Waals surface area contributed by atoms with Crippen LogP contribution in [-0.2, 0) is 9.59 Å². The highest BCUT2D eigenvalue weighted by molar-refractivity contribution is 8.03. The molecule has 2 amide bonds. The standard InChI is InChI=1S/C18H28N4O2S3/c23-15(19-13-7-3-1-4-8-13)11-25-17-21-22-18(27-17)26-12-16(24)20-14-9-5-2-6-10-14/h13-14H,1-12H2,(H,19,23)(H,20,24). The average molecular weight is 429 g/mol. The van der Waals surface area contributed by atoms with Gasteiger partial charge in [-0.3, -0.25) is 9.59 Å². The fraction of sp³-hybridized carbons (Fsp3) is 0.778.